The Kier molecular flexibility index (Phi) is 3.43. The molecular formula is C17H14. The van der Waals surface area contributed by atoms with Crippen LogP contribution in [0.1, 0.15) is 22.3 Å². The Morgan fingerprint density at radius 2 is 1.65 bits per heavy atom. The van der Waals surface area contributed by atoms with Crippen LogP contribution in [0.25, 0.3) is 12.2 Å². The van der Waals surface area contributed by atoms with E-state index in [0.29, 0.717) is 0 Å². The van der Waals surface area contributed by atoms with Crippen LogP contribution < -0.4 is 0 Å². The van der Waals surface area contributed by atoms with E-state index in [1.54, 1.807) is 0 Å². The van der Waals surface area contributed by atoms with Gasteiger partial charge in [0.15, 0.2) is 0 Å². The first-order valence-electron chi connectivity index (χ1n) is 5.60. The van der Waals surface area contributed by atoms with Crippen molar-refractivity contribution in [2.45, 2.75) is 6.92 Å². The van der Waals surface area contributed by atoms with E-state index in [9.17, 15) is 0 Å². The number of rotatable bonds is 2. The number of hydrogen-bond acceptors (Lipinski definition) is 0. The molecule has 0 heterocycles. The molecule has 0 fully saturated rings. The average Bonchev–Trinajstić information content (AvgIpc) is 2.38. The lowest BCUT2D eigenvalue weighted by atomic mass is 10.1. The summed E-state index contributed by atoms with van der Waals surface area (Å²) in [5, 5.41) is 0. The summed E-state index contributed by atoms with van der Waals surface area (Å²) in [5.41, 5.74) is 4.46. The highest BCUT2D eigenvalue weighted by Crippen LogP contribution is 2.12. The van der Waals surface area contributed by atoms with E-state index in [2.05, 4.69) is 49.3 Å². The molecule has 2 aromatic rings. The molecule has 0 N–H and O–H groups in total. The van der Waals surface area contributed by atoms with Crippen molar-refractivity contribution in [2.24, 2.45) is 0 Å². The van der Waals surface area contributed by atoms with Crippen LogP contribution in [0.3, 0.4) is 0 Å². The first-order valence-corrected chi connectivity index (χ1v) is 5.60. The molecule has 0 saturated heterocycles. The summed E-state index contributed by atoms with van der Waals surface area (Å²) in [6.07, 6.45) is 9.59. The van der Waals surface area contributed by atoms with E-state index < -0.39 is 0 Å². The fourth-order valence-corrected chi connectivity index (χ4v) is 1.64. The van der Waals surface area contributed by atoms with E-state index in [4.69, 9.17) is 6.42 Å². The molecule has 0 aromatic heterocycles. The van der Waals surface area contributed by atoms with Gasteiger partial charge in [-0.2, -0.15) is 0 Å². The Balaban J connectivity index is 2.26. The van der Waals surface area contributed by atoms with Crippen LogP contribution in [0.5, 0.6) is 0 Å². The second-order valence-electron chi connectivity index (χ2n) is 3.98. The van der Waals surface area contributed by atoms with E-state index in [1.807, 2.05) is 24.3 Å². The molecule has 0 spiro atoms. The van der Waals surface area contributed by atoms with Gasteiger partial charge < -0.3 is 0 Å². The number of benzene rings is 2. The summed E-state index contributed by atoms with van der Waals surface area (Å²) in [5.74, 6) is 2.69. The van der Waals surface area contributed by atoms with Crippen LogP contribution in [0, 0.1) is 19.3 Å². The topological polar surface area (TPSA) is 0 Å². The minimum absolute atomic E-state index is 0.927. The summed E-state index contributed by atoms with van der Waals surface area (Å²) in [4.78, 5) is 0. The van der Waals surface area contributed by atoms with E-state index >= 15 is 0 Å². The third kappa shape index (κ3) is 2.86. The molecule has 0 atom stereocenters. The molecule has 2 rings (SSSR count). The van der Waals surface area contributed by atoms with Crippen LogP contribution in [0.2, 0.25) is 0 Å². The quantitative estimate of drug-likeness (QED) is 0.525. The maximum atomic E-state index is 5.46. The lowest BCUT2D eigenvalue weighted by Crippen LogP contribution is -1.80. The number of hydrogen-bond donors (Lipinski definition) is 0. The normalized spacial score (nSPS) is 10.4. The van der Waals surface area contributed by atoms with Crippen molar-refractivity contribution in [1.82, 2.24) is 0 Å². The number of terminal acetylenes is 1. The van der Waals surface area contributed by atoms with Gasteiger partial charge in [0.05, 0.1) is 0 Å². The Labute approximate surface area is 103 Å². The summed E-state index contributed by atoms with van der Waals surface area (Å²) in [6, 6.07) is 16.3. The molecule has 2 aromatic carbocycles. The maximum absolute atomic E-state index is 5.46. The lowest BCUT2D eigenvalue weighted by molar-refractivity contribution is 1.46. The molecule has 0 nitrogen and oxygen atoms in total. The second-order valence-corrected chi connectivity index (χ2v) is 3.98. The summed E-state index contributed by atoms with van der Waals surface area (Å²) in [6.45, 7) is 2.08. The van der Waals surface area contributed by atoms with Gasteiger partial charge in [0.25, 0.3) is 0 Å². The highest BCUT2D eigenvalue weighted by Gasteiger charge is 1.93. The molecule has 0 unspecified atom stereocenters. The second kappa shape index (κ2) is 5.18. The van der Waals surface area contributed by atoms with Gasteiger partial charge in [-0.1, -0.05) is 66.1 Å². The molecule has 0 heteroatoms. The van der Waals surface area contributed by atoms with Gasteiger partial charge in [0.1, 0.15) is 0 Å². The highest BCUT2D eigenvalue weighted by atomic mass is 14.0. The maximum Gasteiger partial charge on any atom is 0.0315 e. The first kappa shape index (κ1) is 11.2. The Bertz CT molecular complexity index is 566. The average molecular weight is 218 g/mol. The highest BCUT2D eigenvalue weighted by molar-refractivity contribution is 5.72. The van der Waals surface area contributed by atoms with Crippen molar-refractivity contribution in [3.05, 3.63) is 70.8 Å². The van der Waals surface area contributed by atoms with Gasteiger partial charge in [0, 0.05) is 5.56 Å². The molecule has 0 aliphatic carbocycles. The smallest absolute Gasteiger partial charge is 0.0315 e. The molecule has 82 valence electrons. The molecule has 0 aliphatic rings. The first-order chi connectivity index (χ1) is 8.29. The molecule has 0 bridgehead atoms. The minimum atomic E-state index is 0.927. The van der Waals surface area contributed by atoms with Crippen molar-refractivity contribution in [2.75, 3.05) is 0 Å². The van der Waals surface area contributed by atoms with Crippen molar-refractivity contribution in [3.8, 4) is 12.3 Å². The van der Waals surface area contributed by atoms with Crippen molar-refractivity contribution >= 4 is 12.2 Å². The van der Waals surface area contributed by atoms with Gasteiger partial charge in [-0.3, -0.25) is 0 Å². The predicted molar refractivity (Wildman–Crippen MR) is 74.5 cm³/mol. The molecule has 0 radical (unpaired) electrons. The Hall–Kier alpha value is -2.26. The van der Waals surface area contributed by atoms with Gasteiger partial charge in [-0.05, 0) is 24.1 Å². The molecule has 0 aliphatic heterocycles. The SMILES string of the molecule is C#Cc1ccccc1C=Cc1ccc(C)cc1. The van der Waals surface area contributed by atoms with Gasteiger partial charge >= 0.3 is 0 Å². The fourth-order valence-electron chi connectivity index (χ4n) is 1.64. The van der Waals surface area contributed by atoms with Gasteiger partial charge in [0.2, 0.25) is 0 Å². The van der Waals surface area contributed by atoms with E-state index in [1.165, 1.54) is 11.1 Å². The van der Waals surface area contributed by atoms with Gasteiger partial charge in [-0.15, -0.1) is 6.42 Å². The summed E-state index contributed by atoms with van der Waals surface area (Å²) in [7, 11) is 0. The third-order valence-corrected chi connectivity index (χ3v) is 2.65. The molecule has 0 saturated carbocycles. The van der Waals surface area contributed by atoms with Crippen LogP contribution >= 0.6 is 0 Å². The predicted octanol–water partition coefficient (Wildman–Crippen LogP) is 4.15. The minimum Gasteiger partial charge on any atom is -0.115 e. The molecule has 17 heavy (non-hydrogen) atoms. The zero-order chi connectivity index (χ0) is 12.1. The Morgan fingerprint density at radius 1 is 0.941 bits per heavy atom. The monoisotopic (exact) mass is 218 g/mol. The summed E-state index contributed by atoms with van der Waals surface area (Å²) < 4.78 is 0. The standard InChI is InChI=1S/C17H14/c1-3-16-6-4-5-7-17(16)13-12-15-10-8-14(2)9-11-15/h1,4-13H,2H3. The summed E-state index contributed by atoms with van der Waals surface area (Å²) >= 11 is 0. The third-order valence-electron chi connectivity index (χ3n) is 2.65. The van der Waals surface area contributed by atoms with Gasteiger partial charge in [-0.25, -0.2) is 0 Å². The van der Waals surface area contributed by atoms with Crippen LogP contribution in [-0.2, 0) is 0 Å². The van der Waals surface area contributed by atoms with Crippen molar-refractivity contribution < 1.29 is 0 Å². The number of aryl methyl sites for hydroxylation is 1. The Morgan fingerprint density at radius 3 is 2.35 bits per heavy atom. The van der Waals surface area contributed by atoms with Crippen LogP contribution in [0.4, 0.5) is 0 Å². The zero-order valence-corrected chi connectivity index (χ0v) is 9.85. The largest absolute Gasteiger partial charge is 0.115 e. The lowest BCUT2D eigenvalue weighted by Gasteiger charge is -1.98. The molecular weight excluding hydrogens is 204 g/mol. The van der Waals surface area contributed by atoms with Crippen molar-refractivity contribution in [3.63, 3.8) is 0 Å². The van der Waals surface area contributed by atoms with Crippen LogP contribution in [0.15, 0.2) is 48.5 Å². The fraction of sp³-hybridized carbons (Fsp3) is 0.0588. The van der Waals surface area contributed by atoms with E-state index in [0.717, 1.165) is 11.1 Å². The van der Waals surface area contributed by atoms with Crippen molar-refractivity contribution in [1.29, 1.82) is 0 Å². The zero-order valence-electron chi connectivity index (χ0n) is 9.85. The molecule has 0 amide bonds. The van der Waals surface area contributed by atoms with Crippen LogP contribution in [-0.4, -0.2) is 0 Å². The van der Waals surface area contributed by atoms with E-state index in [-0.39, 0.29) is 0 Å².